The molecular formula is C9H12O5. The molecule has 0 aromatic heterocycles. The third-order valence-corrected chi connectivity index (χ3v) is 2.17. The largest absolute Gasteiger partial charge is 0.478 e. The number of hydrogen-bond donors (Lipinski definition) is 2. The zero-order valence-electron chi connectivity index (χ0n) is 7.77. The zero-order chi connectivity index (χ0) is 10.8. The highest BCUT2D eigenvalue weighted by molar-refractivity contribution is 5.91. The molecule has 14 heavy (non-hydrogen) atoms. The molecule has 0 heterocycles. The molecule has 0 spiro atoms. The highest BCUT2D eigenvalue weighted by atomic mass is 16.6. The van der Waals surface area contributed by atoms with Gasteiger partial charge in [0.15, 0.2) is 0 Å². The molecule has 0 aromatic rings. The van der Waals surface area contributed by atoms with Gasteiger partial charge in [0.2, 0.25) is 0 Å². The molecule has 0 saturated heterocycles. The van der Waals surface area contributed by atoms with Crippen molar-refractivity contribution in [2.24, 2.45) is 0 Å². The van der Waals surface area contributed by atoms with E-state index >= 15 is 0 Å². The molecule has 0 aliphatic heterocycles. The summed E-state index contributed by atoms with van der Waals surface area (Å²) in [6.45, 7) is 1.54. The van der Waals surface area contributed by atoms with Gasteiger partial charge >= 0.3 is 11.9 Å². The van der Waals surface area contributed by atoms with Crippen molar-refractivity contribution in [1.82, 2.24) is 0 Å². The van der Waals surface area contributed by atoms with Gasteiger partial charge in [-0.05, 0) is 19.8 Å². The van der Waals surface area contributed by atoms with Crippen LogP contribution in [-0.4, -0.2) is 33.9 Å². The lowest BCUT2D eigenvalue weighted by molar-refractivity contribution is -0.151. The molecule has 2 N–H and O–H groups in total. The number of aliphatic carboxylic acids is 1. The normalized spacial score (nSPS) is 20.4. The summed E-state index contributed by atoms with van der Waals surface area (Å²) in [6.07, 6.45) is 2.07. The van der Waals surface area contributed by atoms with Gasteiger partial charge in [0.05, 0.1) is 6.10 Å². The molecule has 0 aromatic carbocycles. The second kappa shape index (κ2) is 3.79. The van der Waals surface area contributed by atoms with Crippen molar-refractivity contribution >= 4 is 11.9 Å². The van der Waals surface area contributed by atoms with Crippen LogP contribution in [0.25, 0.3) is 0 Å². The first-order chi connectivity index (χ1) is 6.46. The number of esters is 1. The summed E-state index contributed by atoms with van der Waals surface area (Å²) in [5.74, 6) is -1.94. The summed E-state index contributed by atoms with van der Waals surface area (Å²) in [5, 5.41) is 17.5. The van der Waals surface area contributed by atoms with E-state index in [9.17, 15) is 14.7 Å². The maximum atomic E-state index is 11.0. The lowest BCUT2D eigenvalue weighted by Gasteiger charge is -2.17. The maximum Gasteiger partial charge on any atom is 0.331 e. The monoisotopic (exact) mass is 200 g/mol. The van der Waals surface area contributed by atoms with Gasteiger partial charge in [0, 0.05) is 12.2 Å². The minimum atomic E-state index is -1.20. The van der Waals surface area contributed by atoms with Gasteiger partial charge in [-0.2, -0.15) is 0 Å². The van der Waals surface area contributed by atoms with E-state index in [-0.39, 0.29) is 0 Å². The third kappa shape index (κ3) is 2.56. The van der Waals surface area contributed by atoms with E-state index in [2.05, 4.69) is 0 Å². The standard InChI is InChI=1S/C9H12O5/c1-6(10)9(4-5-9)14-8(13)3-2-7(11)12/h2-3,6,10H,4-5H2,1H3,(H,11,12)/b3-2-. The number of ether oxygens (including phenoxy) is 1. The molecular weight excluding hydrogens is 188 g/mol. The van der Waals surface area contributed by atoms with Gasteiger partial charge < -0.3 is 14.9 Å². The van der Waals surface area contributed by atoms with Gasteiger partial charge in [0.25, 0.3) is 0 Å². The average molecular weight is 200 g/mol. The molecule has 5 heteroatoms. The van der Waals surface area contributed by atoms with Crippen LogP contribution in [0.2, 0.25) is 0 Å². The number of carbonyl (C=O) groups is 2. The first kappa shape index (κ1) is 10.7. The molecule has 1 aliphatic carbocycles. The molecule has 78 valence electrons. The SMILES string of the molecule is CC(O)C1(OC(=O)/C=C\C(=O)O)CC1. The predicted molar refractivity (Wildman–Crippen MR) is 46.5 cm³/mol. The lowest BCUT2D eigenvalue weighted by atomic mass is 10.2. The molecule has 1 rings (SSSR count). The van der Waals surface area contributed by atoms with Crippen LogP contribution in [0.1, 0.15) is 19.8 Å². The van der Waals surface area contributed by atoms with Crippen LogP contribution >= 0.6 is 0 Å². The molecule has 5 nitrogen and oxygen atoms in total. The van der Waals surface area contributed by atoms with Gasteiger partial charge in [-0.15, -0.1) is 0 Å². The Morgan fingerprint density at radius 1 is 1.43 bits per heavy atom. The van der Waals surface area contributed by atoms with E-state index in [1.54, 1.807) is 6.92 Å². The summed E-state index contributed by atoms with van der Waals surface area (Å²) in [6, 6.07) is 0. The van der Waals surface area contributed by atoms with Crippen LogP contribution < -0.4 is 0 Å². The molecule has 0 amide bonds. The fraction of sp³-hybridized carbons (Fsp3) is 0.556. The third-order valence-electron chi connectivity index (χ3n) is 2.17. The Hall–Kier alpha value is -1.36. The number of rotatable bonds is 4. The van der Waals surface area contributed by atoms with Gasteiger partial charge in [-0.25, -0.2) is 9.59 Å². The van der Waals surface area contributed by atoms with Crippen LogP contribution in [0.15, 0.2) is 12.2 Å². The van der Waals surface area contributed by atoms with E-state index < -0.39 is 23.6 Å². The van der Waals surface area contributed by atoms with Crippen molar-refractivity contribution in [3.05, 3.63) is 12.2 Å². The number of carboxylic acid groups (broad SMARTS) is 1. The number of carboxylic acids is 1. The van der Waals surface area contributed by atoms with Crippen LogP contribution in [-0.2, 0) is 14.3 Å². The molecule has 0 radical (unpaired) electrons. The Labute approximate surface area is 81.0 Å². The highest BCUT2D eigenvalue weighted by Crippen LogP contribution is 2.42. The van der Waals surface area contributed by atoms with Gasteiger partial charge in [0.1, 0.15) is 5.60 Å². The number of aliphatic hydroxyl groups is 1. The van der Waals surface area contributed by atoms with E-state index in [0.717, 1.165) is 6.08 Å². The molecule has 1 unspecified atom stereocenters. The summed E-state index contributed by atoms with van der Waals surface area (Å²) in [4.78, 5) is 21.1. The van der Waals surface area contributed by atoms with Crippen LogP contribution in [0.3, 0.4) is 0 Å². The zero-order valence-corrected chi connectivity index (χ0v) is 7.77. The average Bonchev–Trinajstić information content (AvgIpc) is 2.82. The fourth-order valence-corrected chi connectivity index (χ4v) is 1.10. The minimum Gasteiger partial charge on any atom is -0.478 e. The summed E-state index contributed by atoms with van der Waals surface area (Å²) >= 11 is 0. The van der Waals surface area contributed by atoms with E-state index in [1.807, 2.05) is 0 Å². The molecule has 1 atom stereocenters. The Balaban J connectivity index is 2.45. The highest BCUT2D eigenvalue weighted by Gasteiger charge is 2.50. The second-order valence-electron chi connectivity index (χ2n) is 3.33. The van der Waals surface area contributed by atoms with Crippen LogP contribution in [0.5, 0.6) is 0 Å². The topological polar surface area (TPSA) is 83.8 Å². The molecule has 0 bridgehead atoms. The minimum absolute atomic E-state index is 0.622. The number of carbonyl (C=O) groups excluding carboxylic acids is 1. The van der Waals surface area contributed by atoms with E-state index in [0.29, 0.717) is 18.9 Å². The van der Waals surface area contributed by atoms with Crippen LogP contribution in [0.4, 0.5) is 0 Å². The van der Waals surface area contributed by atoms with Crippen molar-refractivity contribution in [3.63, 3.8) is 0 Å². The Bertz CT molecular complexity index is 275. The van der Waals surface area contributed by atoms with Crippen molar-refractivity contribution in [2.75, 3.05) is 0 Å². The van der Waals surface area contributed by atoms with Crippen molar-refractivity contribution in [3.8, 4) is 0 Å². The predicted octanol–water partition coefficient (Wildman–Crippen LogP) is 0.0838. The first-order valence-electron chi connectivity index (χ1n) is 4.28. The summed E-state index contributed by atoms with van der Waals surface area (Å²) in [7, 11) is 0. The molecule has 1 saturated carbocycles. The smallest absolute Gasteiger partial charge is 0.331 e. The molecule has 1 fully saturated rings. The summed E-state index contributed by atoms with van der Waals surface area (Å²) < 4.78 is 4.92. The van der Waals surface area contributed by atoms with Gasteiger partial charge in [-0.1, -0.05) is 0 Å². The van der Waals surface area contributed by atoms with Crippen molar-refractivity contribution in [2.45, 2.75) is 31.5 Å². The quantitative estimate of drug-likeness (QED) is 0.496. The van der Waals surface area contributed by atoms with Crippen molar-refractivity contribution < 1.29 is 24.5 Å². The van der Waals surface area contributed by atoms with E-state index in [1.165, 1.54) is 0 Å². The maximum absolute atomic E-state index is 11.0. The van der Waals surface area contributed by atoms with Crippen LogP contribution in [0, 0.1) is 0 Å². The van der Waals surface area contributed by atoms with E-state index in [4.69, 9.17) is 9.84 Å². The molecule has 1 aliphatic rings. The Kier molecular flexibility index (Phi) is 2.90. The summed E-state index contributed by atoms with van der Waals surface area (Å²) in [5.41, 5.74) is -0.778. The Morgan fingerprint density at radius 2 is 2.00 bits per heavy atom. The number of hydrogen-bond acceptors (Lipinski definition) is 4. The first-order valence-corrected chi connectivity index (χ1v) is 4.28. The fourth-order valence-electron chi connectivity index (χ4n) is 1.10. The van der Waals surface area contributed by atoms with Gasteiger partial charge in [-0.3, -0.25) is 0 Å². The second-order valence-corrected chi connectivity index (χ2v) is 3.33. The van der Waals surface area contributed by atoms with Crippen molar-refractivity contribution in [1.29, 1.82) is 0 Å². The lowest BCUT2D eigenvalue weighted by Crippen LogP contribution is -2.30. The number of aliphatic hydroxyl groups excluding tert-OH is 1. The Morgan fingerprint density at radius 3 is 2.36 bits per heavy atom.